The Morgan fingerprint density at radius 2 is 1.67 bits per heavy atom. The maximum absolute atomic E-state index is 4.73. The molecule has 1 saturated carbocycles. The van der Waals surface area contributed by atoms with Crippen molar-refractivity contribution < 1.29 is 0 Å². The molecule has 5 rings (SSSR count). The molecule has 156 valence electrons. The highest BCUT2D eigenvalue weighted by molar-refractivity contribution is 5.88. The highest BCUT2D eigenvalue weighted by Crippen LogP contribution is 2.47. The zero-order chi connectivity index (χ0) is 21.3. The summed E-state index contributed by atoms with van der Waals surface area (Å²) in [5.74, 6) is 1.15. The Morgan fingerprint density at radius 3 is 2.27 bits per heavy atom. The van der Waals surface area contributed by atoms with Crippen molar-refractivity contribution >= 4 is 11.4 Å². The highest BCUT2D eigenvalue weighted by atomic mass is 15.2. The van der Waals surface area contributed by atoms with Crippen LogP contribution in [0.4, 0.5) is 0 Å². The van der Waals surface area contributed by atoms with Crippen LogP contribution in [0.15, 0.2) is 48.0 Å². The van der Waals surface area contributed by atoms with Crippen LogP contribution in [0.25, 0.3) is 5.57 Å². The van der Waals surface area contributed by atoms with E-state index >= 15 is 0 Å². The van der Waals surface area contributed by atoms with E-state index in [1.165, 1.54) is 52.6 Å². The molecule has 2 aromatic carbocycles. The lowest BCUT2D eigenvalue weighted by Crippen LogP contribution is -2.34. The molecule has 0 radical (unpaired) electrons. The largest absolute Gasteiger partial charge is 0.369 e. The lowest BCUT2D eigenvalue weighted by molar-refractivity contribution is 0.331. The van der Waals surface area contributed by atoms with E-state index in [2.05, 4.69) is 82.9 Å². The third-order valence-corrected chi connectivity index (χ3v) is 7.63. The van der Waals surface area contributed by atoms with E-state index in [9.17, 15) is 0 Å². The number of aryl methyl sites for hydroxylation is 1. The molecule has 0 amide bonds. The van der Waals surface area contributed by atoms with Gasteiger partial charge in [-0.2, -0.15) is 0 Å². The van der Waals surface area contributed by atoms with Gasteiger partial charge in [0.1, 0.15) is 5.84 Å². The number of nitrogens with one attached hydrogen (secondary N) is 1. The molecule has 2 heteroatoms. The first-order chi connectivity index (χ1) is 14.1. The normalized spacial score (nSPS) is 25.0. The minimum absolute atomic E-state index is 0.215. The van der Waals surface area contributed by atoms with Gasteiger partial charge in [0.05, 0.1) is 12.1 Å². The summed E-state index contributed by atoms with van der Waals surface area (Å²) in [6, 6.07) is 15.0. The van der Waals surface area contributed by atoms with Crippen LogP contribution in [0, 0.1) is 6.92 Å². The Morgan fingerprint density at radius 1 is 1.03 bits per heavy atom. The fraction of sp³-hybridized carbons (Fsp3) is 0.464. The van der Waals surface area contributed by atoms with E-state index in [0.717, 1.165) is 17.8 Å². The lowest BCUT2D eigenvalue weighted by atomic mass is 9.62. The van der Waals surface area contributed by atoms with Crippen molar-refractivity contribution in [1.82, 2.24) is 5.32 Å². The summed E-state index contributed by atoms with van der Waals surface area (Å²) >= 11 is 0. The molecule has 1 heterocycles. The van der Waals surface area contributed by atoms with Crippen LogP contribution in [0.1, 0.15) is 80.3 Å². The SMILES string of the molecule is C=C(c1ccc(CC2=NC3CC3N2)cc1)c1cc2c(cc1C)C(C)(C)CCC2(C)C. The predicted molar refractivity (Wildman–Crippen MR) is 128 cm³/mol. The van der Waals surface area contributed by atoms with Crippen molar-refractivity contribution in [2.45, 2.75) is 83.2 Å². The number of amidine groups is 1. The number of aliphatic imine (C=N–C) groups is 1. The number of rotatable bonds is 4. The molecule has 0 bridgehead atoms. The molecule has 0 spiro atoms. The minimum Gasteiger partial charge on any atom is -0.369 e. The molecule has 2 aliphatic carbocycles. The van der Waals surface area contributed by atoms with Crippen molar-refractivity contribution in [1.29, 1.82) is 0 Å². The molecule has 2 atom stereocenters. The quantitative estimate of drug-likeness (QED) is 0.662. The summed E-state index contributed by atoms with van der Waals surface area (Å²) in [5, 5.41) is 3.52. The zero-order valence-electron chi connectivity index (χ0n) is 19.1. The zero-order valence-corrected chi connectivity index (χ0v) is 19.1. The van der Waals surface area contributed by atoms with Crippen LogP contribution in [-0.4, -0.2) is 17.9 Å². The van der Waals surface area contributed by atoms with Gasteiger partial charge in [0.2, 0.25) is 0 Å². The van der Waals surface area contributed by atoms with Gasteiger partial charge < -0.3 is 5.32 Å². The van der Waals surface area contributed by atoms with Crippen LogP contribution in [-0.2, 0) is 17.3 Å². The standard InChI is InChI=1S/C28H34N2/c1-17-13-22-23(28(5,6)12-11-27(22,3)4)15-21(17)18(2)20-9-7-19(8-10-20)14-26-29-24-16-25(24)30-26/h7-10,13,15,24-25H,2,11-12,14,16H2,1,3-6H3,(H,29,30). The molecule has 1 aliphatic heterocycles. The molecular formula is C28H34N2. The van der Waals surface area contributed by atoms with Crippen LogP contribution in [0.2, 0.25) is 0 Å². The Hall–Kier alpha value is -2.35. The molecule has 2 nitrogen and oxygen atoms in total. The fourth-order valence-corrected chi connectivity index (χ4v) is 5.25. The molecule has 2 unspecified atom stereocenters. The maximum Gasteiger partial charge on any atom is 0.101 e. The van der Waals surface area contributed by atoms with E-state index in [4.69, 9.17) is 4.99 Å². The number of hydrogen-bond acceptors (Lipinski definition) is 2. The fourth-order valence-electron chi connectivity index (χ4n) is 5.25. The molecule has 1 N–H and O–H groups in total. The summed E-state index contributed by atoms with van der Waals surface area (Å²) < 4.78 is 0. The third-order valence-electron chi connectivity index (χ3n) is 7.63. The summed E-state index contributed by atoms with van der Waals surface area (Å²) in [7, 11) is 0. The van der Waals surface area contributed by atoms with Crippen LogP contribution in [0.5, 0.6) is 0 Å². The molecule has 1 fully saturated rings. The maximum atomic E-state index is 4.73. The lowest BCUT2D eigenvalue weighted by Gasteiger charge is -2.42. The average molecular weight is 399 g/mol. The summed E-state index contributed by atoms with van der Waals surface area (Å²) in [6.07, 6.45) is 4.60. The van der Waals surface area contributed by atoms with Crippen molar-refractivity contribution in [2.24, 2.45) is 4.99 Å². The Bertz CT molecular complexity index is 1050. The van der Waals surface area contributed by atoms with E-state index < -0.39 is 0 Å². The first-order valence-electron chi connectivity index (χ1n) is 11.4. The second kappa shape index (κ2) is 6.57. The van der Waals surface area contributed by atoms with Crippen LogP contribution in [0.3, 0.4) is 0 Å². The Balaban J connectivity index is 1.42. The molecule has 0 saturated heterocycles. The number of hydrogen-bond donors (Lipinski definition) is 1. The molecular weight excluding hydrogens is 364 g/mol. The number of nitrogens with zero attached hydrogens (tertiary/aromatic N) is 1. The first-order valence-corrected chi connectivity index (χ1v) is 11.4. The van der Waals surface area contributed by atoms with E-state index in [1.807, 2.05) is 0 Å². The third kappa shape index (κ3) is 3.31. The van der Waals surface area contributed by atoms with Gasteiger partial charge in [0, 0.05) is 6.42 Å². The molecule has 30 heavy (non-hydrogen) atoms. The summed E-state index contributed by atoms with van der Waals surface area (Å²) in [4.78, 5) is 4.73. The van der Waals surface area contributed by atoms with Crippen LogP contribution >= 0.6 is 0 Å². The van der Waals surface area contributed by atoms with Crippen molar-refractivity contribution in [3.63, 3.8) is 0 Å². The van der Waals surface area contributed by atoms with Gasteiger partial charge in [-0.1, -0.05) is 70.7 Å². The van der Waals surface area contributed by atoms with E-state index in [0.29, 0.717) is 12.1 Å². The predicted octanol–water partition coefficient (Wildman–Crippen LogP) is 6.09. The molecule has 2 aromatic rings. The minimum atomic E-state index is 0.215. The average Bonchev–Trinajstić information content (AvgIpc) is 3.31. The molecule has 0 aromatic heterocycles. The van der Waals surface area contributed by atoms with Gasteiger partial charge in [-0.15, -0.1) is 0 Å². The van der Waals surface area contributed by atoms with E-state index in [1.54, 1.807) is 0 Å². The molecule has 3 aliphatic rings. The monoisotopic (exact) mass is 398 g/mol. The second-order valence-corrected chi connectivity index (χ2v) is 11.0. The van der Waals surface area contributed by atoms with Gasteiger partial charge in [0.15, 0.2) is 0 Å². The summed E-state index contributed by atoms with van der Waals surface area (Å²) in [5.41, 5.74) is 9.74. The van der Waals surface area contributed by atoms with Crippen molar-refractivity contribution in [3.05, 3.63) is 76.4 Å². The Labute approximate surface area is 181 Å². The Kier molecular flexibility index (Phi) is 4.29. The van der Waals surface area contributed by atoms with Gasteiger partial charge in [-0.25, -0.2) is 0 Å². The van der Waals surface area contributed by atoms with Crippen LogP contribution < -0.4 is 5.32 Å². The summed E-state index contributed by atoms with van der Waals surface area (Å²) in [6.45, 7) is 16.3. The smallest absolute Gasteiger partial charge is 0.101 e. The van der Waals surface area contributed by atoms with Gasteiger partial charge >= 0.3 is 0 Å². The van der Waals surface area contributed by atoms with E-state index in [-0.39, 0.29) is 10.8 Å². The number of benzene rings is 2. The topological polar surface area (TPSA) is 24.4 Å². The van der Waals surface area contributed by atoms with Gasteiger partial charge in [-0.05, 0) is 76.0 Å². The van der Waals surface area contributed by atoms with Crippen molar-refractivity contribution in [3.8, 4) is 0 Å². The second-order valence-electron chi connectivity index (χ2n) is 11.0. The van der Waals surface area contributed by atoms with Crippen molar-refractivity contribution in [2.75, 3.05) is 0 Å². The first kappa shape index (κ1) is 19.6. The van der Waals surface area contributed by atoms with Gasteiger partial charge in [0.25, 0.3) is 0 Å². The number of fused-ring (bicyclic) bond motifs is 2. The highest BCUT2D eigenvalue weighted by Gasteiger charge is 2.42. The van der Waals surface area contributed by atoms with Gasteiger partial charge in [-0.3, -0.25) is 4.99 Å².